The van der Waals surface area contributed by atoms with Crippen molar-refractivity contribution in [3.8, 4) is 0 Å². The Morgan fingerprint density at radius 2 is 1.75 bits per heavy atom. The zero-order chi connectivity index (χ0) is 23.2. The first-order valence-corrected chi connectivity index (χ1v) is 11.2. The fraction of sp³-hybridized carbons (Fsp3) is 0.444. The Hall–Kier alpha value is -2.63. The fourth-order valence-electron chi connectivity index (χ4n) is 4.31. The zero-order valence-corrected chi connectivity index (χ0v) is 19.4. The molecular weight excluding hydrogens is 402 g/mol. The van der Waals surface area contributed by atoms with Crippen molar-refractivity contribution < 1.29 is 19.4 Å². The molecule has 2 atom stereocenters. The number of nitrogens with zero attached hydrogens (tertiary/aromatic N) is 1. The van der Waals surface area contributed by atoms with Crippen LogP contribution in [-0.4, -0.2) is 40.5 Å². The van der Waals surface area contributed by atoms with Crippen molar-refractivity contribution in [2.45, 2.75) is 63.9 Å². The van der Waals surface area contributed by atoms with Gasteiger partial charge in [-0.3, -0.25) is 4.90 Å². The Bertz CT molecular complexity index is 891. The SMILES string of the molecule is C=C(COCc1ccccc1)C[C@]1(O)CCCN(C(=O)OC(C)(C)C)[C@H]1c1ccccc1. The van der Waals surface area contributed by atoms with Crippen LogP contribution in [0.4, 0.5) is 4.79 Å². The summed E-state index contributed by atoms with van der Waals surface area (Å²) in [5.74, 6) is 0. The smallest absolute Gasteiger partial charge is 0.410 e. The second-order valence-electron chi connectivity index (χ2n) is 9.60. The lowest BCUT2D eigenvalue weighted by Crippen LogP contribution is -2.54. The van der Waals surface area contributed by atoms with E-state index in [1.807, 2.05) is 81.4 Å². The topological polar surface area (TPSA) is 59.0 Å². The highest BCUT2D eigenvalue weighted by Crippen LogP contribution is 2.43. The molecular formula is C27H35NO4. The van der Waals surface area contributed by atoms with E-state index in [9.17, 15) is 9.90 Å². The largest absolute Gasteiger partial charge is 0.444 e. The first kappa shape index (κ1) is 24.0. The van der Waals surface area contributed by atoms with E-state index in [-0.39, 0.29) is 0 Å². The van der Waals surface area contributed by atoms with E-state index in [1.165, 1.54) is 0 Å². The molecule has 1 saturated heterocycles. The van der Waals surface area contributed by atoms with Crippen LogP contribution < -0.4 is 0 Å². The van der Waals surface area contributed by atoms with Crippen molar-refractivity contribution in [1.29, 1.82) is 0 Å². The number of ether oxygens (including phenoxy) is 2. The Morgan fingerprint density at radius 3 is 2.38 bits per heavy atom. The van der Waals surface area contributed by atoms with Gasteiger partial charge in [-0.25, -0.2) is 4.79 Å². The minimum absolute atomic E-state index is 0.348. The van der Waals surface area contributed by atoms with Crippen LogP contribution >= 0.6 is 0 Å². The van der Waals surface area contributed by atoms with Gasteiger partial charge in [-0.15, -0.1) is 0 Å². The van der Waals surface area contributed by atoms with E-state index in [1.54, 1.807) is 4.90 Å². The van der Waals surface area contributed by atoms with E-state index in [2.05, 4.69) is 6.58 Å². The highest BCUT2D eigenvalue weighted by atomic mass is 16.6. The molecule has 0 aliphatic carbocycles. The van der Waals surface area contributed by atoms with E-state index in [0.717, 1.165) is 16.7 Å². The maximum Gasteiger partial charge on any atom is 0.410 e. The summed E-state index contributed by atoms with van der Waals surface area (Å²) in [6.45, 7) is 11.1. The number of hydrogen-bond donors (Lipinski definition) is 1. The third kappa shape index (κ3) is 6.44. The van der Waals surface area contributed by atoms with E-state index in [0.29, 0.717) is 39.0 Å². The molecule has 1 fully saturated rings. The highest BCUT2D eigenvalue weighted by molar-refractivity contribution is 5.69. The van der Waals surface area contributed by atoms with Crippen LogP contribution in [0.5, 0.6) is 0 Å². The fourth-order valence-corrected chi connectivity index (χ4v) is 4.31. The second-order valence-corrected chi connectivity index (χ2v) is 9.60. The van der Waals surface area contributed by atoms with Gasteiger partial charge in [0, 0.05) is 13.0 Å². The van der Waals surface area contributed by atoms with E-state index in [4.69, 9.17) is 9.47 Å². The van der Waals surface area contributed by atoms with Crippen LogP contribution in [0.3, 0.4) is 0 Å². The monoisotopic (exact) mass is 437 g/mol. The van der Waals surface area contributed by atoms with Gasteiger partial charge in [0.15, 0.2) is 0 Å². The molecule has 3 rings (SSSR count). The number of rotatable bonds is 7. The zero-order valence-electron chi connectivity index (χ0n) is 19.4. The number of carbonyl (C=O) groups excluding carboxylic acids is 1. The van der Waals surface area contributed by atoms with Gasteiger partial charge in [-0.2, -0.15) is 0 Å². The highest BCUT2D eigenvalue weighted by Gasteiger charge is 2.47. The molecule has 5 nitrogen and oxygen atoms in total. The molecule has 1 heterocycles. The lowest BCUT2D eigenvalue weighted by atomic mass is 9.77. The molecule has 172 valence electrons. The summed E-state index contributed by atoms with van der Waals surface area (Å²) in [4.78, 5) is 14.7. The van der Waals surface area contributed by atoms with Crippen LogP contribution in [0.15, 0.2) is 72.8 Å². The molecule has 0 unspecified atom stereocenters. The molecule has 0 spiro atoms. The predicted octanol–water partition coefficient (Wildman–Crippen LogP) is 5.65. The lowest BCUT2D eigenvalue weighted by Gasteiger charge is -2.47. The van der Waals surface area contributed by atoms with E-state index >= 15 is 0 Å². The molecule has 5 heteroatoms. The quantitative estimate of drug-likeness (QED) is 0.569. The molecule has 2 aromatic rings. The van der Waals surface area contributed by atoms with Gasteiger partial charge in [0.05, 0.1) is 24.9 Å². The van der Waals surface area contributed by atoms with Crippen LogP contribution in [0.1, 0.15) is 57.2 Å². The van der Waals surface area contributed by atoms with Gasteiger partial charge < -0.3 is 14.6 Å². The van der Waals surface area contributed by atoms with Gasteiger partial charge >= 0.3 is 6.09 Å². The van der Waals surface area contributed by atoms with Gasteiger partial charge in [0.2, 0.25) is 0 Å². The molecule has 0 aromatic heterocycles. The average Bonchev–Trinajstić information content (AvgIpc) is 2.73. The minimum Gasteiger partial charge on any atom is -0.444 e. The lowest BCUT2D eigenvalue weighted by molar-refractivity contribution is -0.0867. The standard InChI is InChI=1S/C27H35NO4/c1-21(19-31-20-22-12-7-5-8-13-22)18-27(30)16-11-17-28(25(29)32-26(2,3)4)24(27)23-14-9-6-10-15-23/h5-10,12-15,24,30H,1,11,16-20H2,2-4H3/t24-,27+/m0/s1. The summed E-state index contributed by atoms with van der Waals surface area (Å²) in [6.07, 6.45) is 1.21. The van der Waals surface area contributed by atoms with Crippen molar-refractivity contribution in [1.82, 2.24) is 4.90 Å². The summed E-state index contributed by atoms with van der Waals surface area (Å²) in [6, 6.07) is 19.1. The molecule has 1 N–H and O–H groups in total. The molecule has 1 aliphatic heterocycles. The number of amides is 1. The number of piperidine rings is 1. The van der Waals surface area contributed by atoms with Crippen LogP contribution in [0, 0.1) is 0 Å². The summed E-state index contributed by atoms with van der Waals surface area (Å²) < 4.78 is 11.5. The van der Waals surface area contributed by atoms with E-state index < -0.39 is 23.3 Å². The molecule has 2 aromatic carbocycles. The first-order chi connectivity index (χ1) is 15.2. The molecule has 0 radical (unpaired) electrons. The summed E-state index contributed by atoms with van der Waals surface area (Å²) in [7, 11) is 0. The number of carbonyl (C=O) groups is 1. The molecule has 0 bridgehead atoms. The Kier molecular flexibility index (Phi) is 7.75. The number of likely N-dealkylation sites (tertiary alicyclic amines) is 1. The average molecular weight is 438 g/mol. The van der Waals surface area contributed by atoms with Crippen LogP contribution in [0.2, 0.25) is 0 Å². The number of aliphatic hydroxyl groups is 1. The predicted molar refractivity (Wildman–Crippen MR) is 126 cm³/mol. The molecule has 1 aliphatic rings. The summed E-state index contributed by atoms with van der Waals surface area (Å²) in [5.41, 5.74) is 1.02. The van der Waals surface area contributed by atoms with Gasteiger partial charge in [0.25, 0.3) is 0 Å². The van der Waals surface area contributed by atoms with Gasteiger partial charge in [-0.05, 0) is 50.3 Å². The van der Waals surface area contributed by atoms with Crippen LogP contribution in [0.25, 0.3) is 0 Å². The first-order valence-electron chi connectivity index (χ1n) is 11.2. The van der Waals surface area contributed by atoms with Gasteiger partial charge in [-0.1, -0.05) is 67.2 Å². The van der Waals surface area contributed by atoms with Crippen molar-refractivity contribution in [3.63, 3.8) is 0 Å². The Morgan fingerprint density at radius 1 is 1.12 bits per heavy atom. The van der Waals surface area contributed by atoms with Gasteiger partial charge in [0.1, 0.15) is 5.60 Å². The van der Waals surface area contributed by atoms with Crippen molar-refractivity contribution in [2.75, 3.05) is 13.2 Å². The van der Waals surface area contributed by atoms with Crippen LogP contribution in [-0.2, 0) is 16.1 Å². The number of benzene rings is 2. The van der Waals surface area contributed by atoms with Crippen molar-refractivity contribution >= 4 is 6.09 Å². The number of hydrogen-bond acceptors (Lipinski definition) is 4. The maximum absolute atomic E-state index is 13.0. The summed E-state index contributed by atoms with van der Waals surface area (Å²) in [5, 5.41) is 11.8. The molecule has 1 amide bonds. The minimum atomic E-state index is -1.15. The molecule has 32 heavy (non-hydrogen) atoms. The third-order valence-electron chi connectivity index (χ3n) is 5.55. The Balaban J connectivity index is 1.75. The molecule has 0 saturated carbocycles. The Labute approximate surface area is 191 Å². The van der Waals surface area contributed by atoms with Crippen molar-refractivity contribution in [3.05, 3.63) is 83.9 Å². The summed E-state index contributed by atoms with van der Waals surface area (Å²) >= 11 is 0. The normalized spacial score (nSPS) is 21.2. The third-order valence-corrected chi connectivity index (χ3v) is 5.55. The second kappa shape index (κ2) is 10.3. The van der Waals surface area contributed by atoms with Crippen molar-refractivity contribution in [2.24, 2.45) is 0 Å². The maximum atomic E-state index is 13.0.